The smallest absolute Gasteiger partial charge is 0.00134 e. The third-order valence-electron chi connectivity index (χ3n) is 5.40. The molecule has 0 bridgehead atoms. The molecule has 0 aliphatic carbocycles. The Kier molecular flexibility index (Phi) is 5.70. The van der Waals surface area contributed by atoms with Crippen LogP contribution in [0, 0.1) is 11.3 Å². The Morgan fingerprint density at radius 3 is 1.74 bits per heavy atom. The molecule has 0 unspecified atom stereocenters. The number of nitrogens with zero attached hydrogens (tertiary/aromatic N) is 2. The Hall–Kier alpha value is -0.0800. The van der Waals surface area contributed by atoms with Crippen molar-refractivity contribution in [2.75, 3.05) is 39.3 Å². The van der Waals surface area contributed by atoms with Gasteiger partial charge in [-0.2, -0.15) is 0 Å². The van der Waals surface area contributed by atoms with Crippen molar-refractivity contribution in [3.8, 4) is 0 Å². The van der Waals surface area contributed by atoms with Gasteiger partial charge < -0.3 is 9.80 Å². The number of rotatable bonds is 5. The van der Waals surface area contributed by atoms with Crippen LogP contribution in [-0.2, 0) is 0 Å². The van der Waals surface area contributed by atoms with Gasteiger partial charge in [-0.3, -0.25) is 0 Å². The first-order chi connectivity index (χ1) is 9.13. The van der Waals surface area contributed by atoms with E-state index in [2.05, 4.69) is 30.6 Å². The fraction of sp³-hybridized carbons (Fsp3) is 1.00. The van der Waals surface area contributed by atoms with E-state index in [1.807, 2.05) is 0 Å². The quantitative estimate of drug-likeness (QED) is 0.750. The Morgan fingerprint density at radius 1 is 0.842 bits per heavy atom. The summed E-state index contributed by atoms with van der Waals surface area (Å²) in [6, 6.07) is 0. The van der Waals surface area contributed by atoms with Gasteiger partial charge in [-0.1, -0.05) is 20.8 Å². The summed E-state index contributed by atoms with van der Waals surface area (Å²) in [5, 5.41) is 0. The Morgan fingerprint density at radius 2 is 1.32 bits per heavy atom. The van der Waals surface area contributed by atoms with Gasteiger partial charge in [0.2, 0.25) is 0 Å². The van der Waals surface area contributed by atoms with Crippen LogP contribution in [0.2, 0.25) is 0 Å². The van der Waals surface area contributed by atoms with Crippen LogP contribution < -0.4 is 0 Å². The zero-order valence-electron chi connectivity index (χ0n) is 13.5. The minimum Gasteiger partial charge on any atom is -0.303 e. The van der Waals surface area contributed by atoms with Crippen LogP contribution in [0.15, 0.2) is 0 Å². The van der Waals surface area contributed by atoms with E-state index in [1.165, 1.54) is 77.8 Å². The van der Waals surface area contributed by atoms with Crippen molar-refractivity contribution in [3.05, 3.63) is 0 Å². The van der Waals surface area contributed by atoms with Crippen molar-refractivity contribution in [2.45, 2.75) is 59.3 Å². The highest BCUT2D eigenvalue weighted by atomic mass is 15.1. The van der Waals surface area contributed by atoms with Crippen molar-refractivity contribution in [1.82, 2.24) is 9.80 Å². The third kappa shape index (κ3) is 4.46. The van der Waals surface area contributed by atoms with Crippen molar-refractivity contribution >= 4 is 0 Å². The Bertz CT molecular complexity index is 244. The number of piperidine rings is 2. The van der Waals surface area contributed by atoms with Gasteiger partial charge in [0.25, 0.3) is 0 Å². The molecule has 112 valence electrons. The van der Waals surface area contributed by atoms with Gasteiger partial charge >= 0.3 is 0 Å². The lowest BCUT2D eigenvalue weighted by atomic mass is 9.71. The molecule has 2 heteroatoms. The van der Waals surface area contributed by atoms with Gasteiger partial charge in [0.15, 0.2) is 0 Å². The molecule has 0 N–H and O–H groups in total. The minimum atomic E-state index is 0.721. The van der Waals surface area contributed by atoms with Gasteiger partial charge in [0.05, 0.1) is 0 Å². The molecule has 0 aromatic carbocycles. The average molecular weight is 266 g/mol. The second-order valence-electron chi connectivity index (χ2n) is 7.37. The van der Waals surface area contributed by atoms with E-state index in [0.717, 1.165) is 11.3 Å². The summed E-state index contributed by atoms with van der Waals surface area (Å²) in [4.78, 5) is 5.39. The molecular weight excluding hydrogens is 232 g/mol. The van der Waals surface area contributed by atoms with E-state index in [4.69, 9.17) is 0 Å². The predicted molar refractivity (Wildman–Crippen MR) is 83.5 cm³/mol. The molecule has 0 saturated carbocycles. The van der Waals surface area contributed by atoms with E-state index >= 15 is 0 Å². The molecule has 2 fully saturated rings. The second kappa shape index (κ2) is 7.08. The van der Waals surface area contributed by atoms with Gasteiger partial charge in [-0.25, -0.2) is 0 Å². The first kappa shape index (κ1) is 15.3. The summed E-state index contributed by atoms with van der Waals surface area (Å²) >= 11 is 0. The largest absolute Gasteiger partial charge is 0.303 e. The molecule has 2 aliphatic rings. The van der Waals surface area contributed by atoms with Crippen LogP contribution in [0.5, 0.6) is 0 Å². The van der Waals surface area contributed by atoms with Crippen molar-refractivity contribution in [1.29, 1.82) is 0 Å². The maximum Gasteiger partial charge on any atom is -0.00134 e. The van der Waals surface area contributed by atoms with Gasteiger partial charge in [0.1, 0.15) is 0 Å². The normalized spacial score (nSPS) is 25.3. The average Bonchev–Trinajstić information content (AvgIpc) is 2.41. The molecular formula is C17H34N2. The topological polar surface area (TPSA) is 6.48 Å². The van der Waals surface area contributed by atoms with Crippen molar-refractivity contribution < 1.29 is 0 Å². The molecule has 0 atom stereocenters. The van der Waals surface area contributed by atoms with Crippen molar-refractivity contribution in [3.63, 3.8) is 0 Å². The van der Waals surface area contributed by atoms with Gasteiger partial charge in [0, 0.05) is 0 Å². The summed E-state index contributed by atoms with van der Waals surface area (Å²) in [5.41, 5.74) is 0.721. The summed E-state index contributed by atoms with van der Waals surface area (Å²) in [7, 11) is 0. The fourth-order valence-corrected chi connectivity index (χ4v) is 3.76. The Labute approximate surface area is 120 Å². The predicted octanol–water partition coefficient (Wildman–Crippen LogP) is 3.62. The van der Waals surface area contributed by atoms with Crippen LogP contribution in [0.3, 0.4) is 0 Å². The van der Waals surface area contributed by atoms with Crippen LogP contribution in [0.4, 0.5) is 0 Å². The molecule has 0 amide bonds. The van der Waals surface area contributed by atoms with Crippen molar-refractivity contribution in [2.24, 2.45) is 11.3 Å². The molecule has 19 heavy (non-hydrogen) atoms. The standard InChI is InChI=1S/C17H34N2/c1-4-10-18-12-6-17(7-13-18)8-14-19(15-9-17)11-5-16(2)3/h16H,4-15H2,1-3H3. The zero-order valence-corrected chi connectivity index (χ0v) is 13.5. The van der Waals surface area contributed by atoms with Gasteiger partial charge in [-0.15, -0.1) is 0 Å². The molecule has 2 heterocycles. The molecule has 2 rings (SSSR count). The summed E-state index contributed by atoms with van der Waals surface area (Å²) in [6.45, 7) is 15.1. The number of hydrogen-bond acceptors (Lipinski definition) is 2. The van der Waals surface area contributed by atoms with Crippen LogP contribution >= 0.6 is 0 Å². The third-order valence-corrected chi connectivity index (χ3v) is 5.40. The highest BCUT2D eigenvalue weighted by Gasteiger charge is 2.36. The first-order valence-corrected chi connectivity index (χ1v) is 8.58. The summed E-state index contributed by atoms with van der Waals surface area (Å²) < 4.78 is 0. The molecule has 2 nitrogen and oxygen atoms in total. The lowest BCUT2D eigenvalue weighted by Gasteiger charge is -2.47. The fourth-order valence-electron chi connectivity index (χ4n) is 3.76. The number of likely N-dealkylation sites (tertiary alicyclic amines) is 2. The maximum absolute atomic E-state index is 2.71. The van der Waals surface area contributed by atoms with E-state index < -0.39 is 0 Å². The lowest BCUT2D eigenvalue weighted by Crippen LogP contribution is -2.47. The van der Waals surface area contributed by atoms with Gasteiger partial charge in [-0.05, 0) is 89.1 Å². The summed E-state index contributed by atoms with van der Waals surface area (Å²) in [6.07, 6.45) is 8.54. The van der Waals surface area contributed by atoms with E-state index in [1.54, 1.807) is 0 Å². The summed E-state index contributed by atoms with van der Waals surface area (Å²) in [5.74, 6) is 0.855. The molecule has 1 spiro atoms. The molecule has 2 aliphatic heterocycles. The van der Waals surface area contributed by atoms with E-state index in [0.29, 0.717) is 0 Å². The molecule has 0 radical (unpaired) electrons. The lowest BCUT2D eigenvalue weighted by molar-refractivity contribution is 0.0337. The molecule has 2 saturated heterocycles. The zero-order chi connectivity index (χ0) is 13.7. The monoisotopic (exact) mass is 266 g/mol. The molecule has 0 aromatic heterocycles. The molecule has 0 aromatic rings. The van der Waals surface area contributed by atoms with Crippen LogP contribution in [0.25, 0.3) is 0 Å². The first-order valence-electron chi connectivity index (χ1n) is 8.58. The second-order valence-corrected chi connectivity index (χ2v) is 7.37. The highest BCUT2D eigenvalue weighted by molar-refractivity contribution is 4.90. The van der Waals surface area contributed by atoms with Crippen LogP contribution in [0.1, 0.15) is 59.3 Å². The number of hydrogen-bond donors (Lipinski definition) is 0. The SMILES string of the molecule is CCCN1CCC2(CC1)CCN(CCC(C)C)CC2. The maximum atomic E-state index is 2.71. The Balaban J connectivity index is 1.71. The van der Waals surface area contributed by atoms with E-state index in [-0.39, 0.29) is 0 Å². The minimum absolute atomic E-state index is 0.721. The highest BCUT2D eigenvalue weighted by Crippen LogP contribution is 2.41. The van der Waals surface area contributed by atoms with E-state index in [9.17, 15) is 0 Å². The van der Waals surface area contributed by atoms with Crippen LogP contribution in [-0.4, -0.2) is 49.1 Å².